The molecule has 0 N–H and O–H groups in total. The topological polar surface area (TPSA) is 61.9 Å². The third-order valence-electron chi connectivity index (χ3n) is 3.54. The number of aryl methyl sites for hydroxylation is 3. The zero-order chi connectivity index (χ0) is 17.4. The lowest BCUT2D eigenvalue weighted by Gasteiger charge is -2.21. The molecule has 6 nitrogen and oxygen atoms in total. The van der Waals surface area contributed by atoms with Crippen LogP contribution in [0.15, 0.2) is 12.4 Å². The summed E-state index contributed by atoms with van der Waals surface area (Å²) in [6.07, 6.45) is -4.58. The number of halogens is 3. The quantitative estimate of drug-likeness (QED) is 0.809. The fraction of sp³-hybridized carbons (Fsp3) is 0.500. The second kappa shape index (κ2) is 6.05. The highest BCUT2D eigenvalue weighted by molar-refractivity contribution is 5.89. The molecule has 0 unspecified atom stereocenters. The molecule has 0 saturated heterocycles. The summed E-state index contributed by atoms with van der Waals surface area (Å²) in [5.74, 6) is -1.07. The van der Waals surface area contributed by atoms with Crippen molar-refractivity contribution in [2.45, 2.75) is 39.6 Å². The molecule has 2 heterocycles. The number of esters is 1. The zero-order valence-corrected chi connectivity index (χ0v) is 13.2. The fourth-order valence-corrected chi connectivity index (χ4v) is 2.28. The standard InChI is InChI=1S/C14H17F3N4O2/c1-5-21-7-10(6-18-21)13(22)23-12(14(15,16)17)11-8(2)19-20(4)9(11)3/h6-7,12H,5H2,1-4H3/t12-/m0/s1. The predicted octanol–water partition coefficient (Wildman–Crippen LogP) is 2.71. The molecule has 2 aromatic rings. The van der Waals surface area contributed by atoms with E-state index >= 15 is 0 Å². The van der Waals surface area contributed by atoms with E-state index in [2.05, 4.69) is 10.2 Å². The summed E-state index contributed by atoms with van der Waals surface area (Å²) in [5, 5.41) is 7.81. The van der Waals surface area contributed by atoms with Gasteiger partial charge in [-0.05, 0) is 20.8 Å². The van der Waals surface area contributed by atoms with Gasteiger partial charge >= 0.3 is 12.1 Å². The highest BCUT2D eigenvalue weighted by atomic mass is 19.4. The summed E-state index contributed by atoms with van der Waals surface area (Å²) in [4.78, 5) is 12.0. The van der Waals surface area contributed by atoms with Crippen LogP contribution in [0.2, 0.25) is 0 Å². The molecule has 0 bridgehead atoms. The van der Waals surface area contributed by atoms with E-state index < -0.39 is 18.2 Å². The molecule has 0 aliphatic carbocycles. The third kappa shape index (κ3) is 3.38. The molecule has 0 aliphatic rings. The lowest BCUT2D eigenvalue weighted by atomic mass is 10.1. The number of aromatic nitrogens is 4. The van der Waals surface area contributed by atoms with E-state index in [1.54, 1.807) is 6.92 Å². The van der Waals surface area contributed by atoms with E-state index in [9.17, 15) is 18.0 Å². The van der Waals surface area contributed by atoms with Gasteiger partial charge in [0.1, 0.15) is 0 Å². The molecule has 0 fully saturated rings. The van der Waals surface area contributed by atoms with E-state index in [1.165, 1.54) is 42.7 Å². The SMILES string of the molecule is CCn1cc(C(=O)O[C@@H](c2c(C)nn(C)c2C)C(F)(F)F)cn1. The van der Waals surface area contributed by atoms with Crippen LogP contribution in [-0.4, -0.2) is 31.7 Å². The lowest BCUT2D eigenvalue weighted by Crippen LogP contribution is -2.27. The number of alkyl halides is 3. The van der Waals surface area contributed by atoms with Crippen LogP contribution in [0.1, 0.15) is 40.3 Å². The number of hydrogen-bond acceptors (Lipinski definition) is 4. The monoisotopic (exact) mass is 330 g/mol. The van der Waals surface area contributed by atoms with E-state index in [1.807, 2.05) is 0 Å². The first-order valence-electron chi connectivity index (χ1n) is 6.95. The Hall–Kier alpha value is -2.32. The van der Waals surface area contributed by atoms with E-state index in [0.717, 1.165) is 0 Å². The predicted molar refractivity (Wildman–Crippen MR) is 74.8 cm³/mol. The van der Waals surface area contributed by atoms with Gasteiger partial charge in [0.05, 0.1) is 17.5 Å². The maximum absolute atomic E-state index is 13.4. The molecule has 0 aromatic carbocycles. The van der Waals surface area contributed by atoms with Crippen molar-refractivity contribution in [2.24, 2.45) is 7.05 Å². The number of carbonyl (C=O) groups excluding carboxylic acids is 1. The molecule has 2 rings (SSSR count). The summed E-state index contributed by atoms with van der Waals surface area (Å²) >= 11 is 0. The number of hydrogen-bond donors (Lipinski definition) is 0. The van der Waals surface area contributed by atoms with Crippen LogP contribution in [0, 0.1) is 13.8 Å². The Kier molecular flexibility index (Phi) is 4.49. The van der Waals surface area contributed by atoms with Crippen LogP contribution in [0.4, 0.5) is 13.2 Å². The van der Waals surface area contributed by atoms with Gasteiger partial charge in [0.2, 0.25) is 6.10 Å². The van der Waals surface area contributed by atoms with Gasteiger partial charge in [-0.3, -0.25) is 9.36 Å². The second-order valence-corrected chi connectivity index (χ2v) is 5.12. The smallest absolute Gasteiger partial charge is 0.430 e. The minimum atomic E-state index is -4.74. The molecule has 0 saturated carbocycles. The van der Waals surface area contributed by atoms with Crippen molar-refractivity contribution in [3.63, 3.8) is 0 Å². The summed E-state index contributed by atoms with van der Waals surface area (Å²) < 4.78 is 47.7. The Balaban J connectivity index is 2.35. The Morgan fingerprint density at radius 2 is 2.04 bits per heavy atom. The van der Waals surface area contributed by atoms with Gasteiger partial charge in [0, 0.05) is 31.0 Å². The number of rotatable bonds is 4. The summed E-state index contributed by atoms with van der Waals surface area (Å²) in [7, 11) is 1.53. The fourth-order valence-electron chi connectivity index (χ4n) is 2.28. The van der Waals surface area contributed by atoms with Crippen molar-refractivity contribution in [1.82, 2.24) is 19.6 Å². The normalized spacial score (nSPS) is 13.2. The number of carbonyl (C=O) groups is 1. The summed E-state index contributed by atoms with van der Waals surface area (Å²) in [6, 6.07) is 0. The molecule has 1 atom stereocenters. The third-order valence-corrected chi connectivity index (χ3v) is 3.54. The molecule has 0 amide bonds. The molecule has 2 aromatic heterocycles. The second-order valence-electron chi connectivity index (χ2n) is 5.12. The van der Waals surface area contributed by atoms with E-state index in [4.69, 9.17) is 4.74 Å². The Morgan fingerprint density at radius 3 is 2.48 bits per heavy atom. The van der Waals surface area contributed by atoms with Crippen molar-refractivity contribution in [2.75, 3.05) is 0 Å². The van der Waals surface area contributed by atoms with Crippen molar-refractivity contribution in [1.29, 1.82) is 0 Å². The van der Waals surface area contributed by atoms with Crippen molar-refractivity contribution in [3.05, 3.63) is 34.9 Å². The first-order valence-corrected chi connectivity index (χ1v) is 6.95. The molecule has 126 valence electrons. The molecule has 23 heavy (non-hydrogen) atoms. The Bertz CT molecular complexity index is 718. The summed E-state index contributed by atoms with van der Waals surface area (Å²) in [6.45, 7) is 5.24. The molecule has 9 heteroatoms. The highest BCUT2D eigenvalue weighted by Crippen LogP contribution is 2.39. The van der Waals surface area contributed by atoms with Gasteiger partial charge in [0.15, 0.2) is 0 Å². The molecule has 0 aliphatic heterocycles. The average Bonchev–Trinajstić information content (AvgIpc) is 3.02. The zero-order valence-electron chi connectivity index (χ0n) is 13.2. The van der Waals surface area contributed by atoms with E-state index in [0.29, 0.717) is 12.2 Å². The maximum atomic E-state index is 13.4. The van der Waals surface area contributed by atoms with Crippen molar-refractivity contribution >= 4 is 5.97 Å². The van der Waals surface area contributed by atoms with Gasteiger partial charge in [0.25, 0.3) is 0 Å². The maximum Gasteiger partial charge on any atom is 0.430 e. The summed E-state index contributed by atoms with van der Waals surface area (Å²) in [5.41, 5.74) is 0.294. The lowest BCUT2D eigenvalue weighted by molar-refractivity contribution is -0.207. The van der Waals surface area contributed by atoms with Crippen molar-refractivity contribution in [3.8, 4) is 0 Å². The van der Waals surface area contributed by atoms with Gasteiger partial charge in [-0.15, -0.1) is 0 Å². The van der Waals surface area contributed by atoms with Gasteiger partial charge in [-0.1, -0.05) is 0 Å². The Labute approximate surface area is 130 Å². The first kappa shape index (κ1) is 17.0. The number of nitrogens with zero attached hydrogens (tertiary/aromatic N) is 4. The van der Waals surface area contributed by atoms with Gasteiger partial charge in [-0.2, -0.15) is 23.4 Å². The molecular formula is C14H17F3N4O2. The molecular weight excluding hydrogens is 313 g/mol. The first-order chi connectivity index (χ1) is 10.6. The van der Waals surface area contributed by atoms with Crippen LogP contribution in [0.5, 0.6) is 0 Å². The van der Waals surface area contributed by atoms with Crippen molar-refractivity contribution < 1.29 is 22.7 Å². The van der Waals surface area contributed by atoms with Gasteiger partial charge in [-0.25, -0.2) is 4.79 Å². The molecule has 0 radical (unpaired) electrons. The van der Waals surface area contributed by atoms with E-state index in [-0.39, 0.29) is 16.8 Å². The van der Waals surface area contributed by atoms with Crippen LogP contribution >= 0.6 is 0 Å². The average molecular weight is 330 g/mol. The Morgan fingerprint density at radius 1 is 1.39 bits per heavy atom. The largest absolute Gasteiger partial charge is 0.444 e. The van der Waals surface area contributed by atoms with Crippen LogP contribution in [-0.2, 0) is 18.3 Å². The number of ether oxygens (including phenoxy) is 1. The minimum absolute atomic E-state index is 0.0275. The molecule has 0 spiro atoms. The van der Waals surface area contributed by atoms with Crippen LogP contribution in [0.3, 0.4) is 0 Å². The minimum Gasteiger partial charge on any atom is -0.444 e. The van der Waals surface area contributed by atoms with Crippen LogP contribution < -0.4 is 0 Å². The highest BCUT2D eigenvalue weighted by Gasteiger charge is 2.47. The van der Waals surface area contributed by atoms with Crippen LogP contribution in [0.25, 0.3) is 0 Å². The van der Waals surface area contributed by atoms with Gasteiger partial charge < -0.3 is 4.74 Å².